The summed E-state index contributed by atoms with van der Waals surface area (Å²) in [5, 5.41) is 2.63. The second-order valence-corrected chi connectivity index (χ2v) is 4.42. The molecular formula is C15H15FN4O. The van der Waals surface area contributed by atoms with Gasteiger partial charge in [0, 0.05) is 30.9 Å². The molecule has 0 aliphatic rings. The minimum absolute atomic E-state index is 0.0688. The Labute approximate surface area is 122 Å². The van der Waals surface area contributed by atoms with E-state index in [0.29, 0.717) is 11.1 Å². The highest BCUT2D eigenvalue weighted by atomic mass is 19.1. The van der Waals surface area contributed by atoms with Gasteiger partial charge in [0.1, 0.15) is 11.5 Å². The lowest BCUT2D eigenvalue weighted by Crippen LogP contribution is -2.23. The molecule has 6 heteroatoms. The third-order valence-corrected chi connectivity index (χ3v) is 2.76. The van der Waals surface area contributed by atoms with Crippen LogP contribution >= 0.6 is 0 Å². The summed E-state index contributed by atoms with van der Waals surface area (Å²) in [6.07, 6.45) is 3.12. The molecule has 0 unspecified atom stereocenters. The number of halogens is 1. The summed E-state index contributed by atoms with van der Waals surface area (Å²) in [5.74, 6) is 4.78. The predicted octanol–water partition coefficient (Wildman–Crippen LogP) is 0.799. The molecule has 2 aromatic rings. The molecule has 0 aliphatic carbocycles. The molecule has 1 aromatic carbocycles. The molecule has 0 saturated heterocycles. The van der Waals surface area contributed by atoms with E-state index in [-0.39, 0.29) is 24.7 Å². The fourth-order valence-corrected chi connectivity index (χ4v) is 1.74. The van der Waals surface area contributed by atoms with Gasteiger partial charge in [-0.15, -0.1) is 0 Å². The molecule has 0 bridgehead atoms. The van der Waals surface area contributed by atoms with Gasteiger partial charge < -0.3 is 15.6 Å². The maximum Gasteiger partial charge on any atom is 0.271 e. The molecular weight excluding hydrogens is 271 g/mol. The Morgan fingerprint density at radius 1 is 1.52 bits per heavy atom. The molecule has 5 nitrogen and oxygen atoms in total. The summed E-state index contributed by atoms with van der Waals surface area (Å²) in [5.41, 5.74) is 6.60. The van der Waals surface area contributed by atoms with Gasteiger partial charge >= 0.3 is 0 Å². The van der Waals surface area contributed by atoms with Gasteiger partial charge in [-0.1, -0.05) is 11.8 Å². The van der Waals surface area contributed by atoms with Gasteiger partial charge in [0.05, 0.1) is 12.9 Å². The van der Waals surface area contributed by atoms with E-state index in [4.69, 9.17) is 5.73 Å². The van der Waals surface area contributed by atoms with Crippen LogP contribution in [0.4, 0.5) is 4.39 Å². The van der Waals surface area contributed by atoms with Crippen LogP contribution < -0.4 is 11.1 Å². The van der Waals surface area contributed by atoms with Crippen LogP contribution in [-0.2, 0) is 13.6 Å². The Bertz CT molecular complexity index is 712. The Kier molecular flexibility index (Phi) is 4.69. The van der Waals surface area contributed by atoms with Crippen molar-refractivity contribution < 1.29 is 9.18 Å². The predicted molar refractivity (Wildman–Crippen MR) is 76.7 cm³/mol. The molecule has 0 aliphatic heterocycles. The number of hydrogen-bond acceptors (Lipinski definition) is 3. The number of nitrogens with one attached hydrogen (secondary N) is 1. The number of benzene rings is 1. The number of carbonyl (C=O) groups excluding carboxylic acids is 1. The van der Waals surface area contributed by atoms with Crippen molar-refractivity contribution >= 4 is 5.91 Å². The molecule has 108 valence electrons. The molecule has 1 amide bonds. The summed E-state index contributed by atoms with van der Waals surface area (Å²) < 4.78 is 15.4. The fraction of sp³-hybridized carbons (Fsp3) is 0.200. The van der Waals surface area contributed by atoms with E-state index in [1.807, 2.05) is 0 Å². The topological polar surface area (TPSA) is 72.9 Å². The van der Waals surface area contributed by atoms with Crippen LogP contribution in [0, 0.1) is 17.7 Å². The molecule has 0 atom stereocenters. The molecule has 0 saturated carbocycles. The van der Waals surface area contributed by atoms with Gasteiger partial charge in [0.2, 0.25) is 0 Å². The Balaban J connectivity index is 2.07. The number of hydrogen-bond donors (Lipinski definition) is 2. The summed E-state index contributed by atoms with van der Waals surface area (Å²) in [6.45, 7) is 0.308. The number of rotatable bonds is 3. The smallest absolute Gasteiger partial charge is 0.271 e. The molecule has 1 heterocycles. The Hall–Kier alpha value is -2.65. The van der Waals surface area contributed by atoms with E-state index in [1.54, 1.807) is 29.9 Å². The lowest BCUT2D eigenvalue weighted by molar-refractivity contribution is 0.0946. The maximum absolute atomic E-state index is 13.7. The van der Waals surface area contributed by atoms with E-state index in [9.17, 15) is 9.18 Å². The second-order valence-electron chi connectivity index (χ2n) is 4.42. The van der Waals surface area contributed by atoms with Crippen molar-refractivity contribution in [3.63, 3.8) is 0 Å². The van der Waals surface area contributed by atoms with Gasteiger partial charge in [-0.3, -0.25) is 4.79 Å². The van der Waals surface area contributed by atoms with Gasteiger partial charge in [-0.25, -0.2) is 9.37 Å². The van der Waals surface area contributed by atoms with Crippen molar-refractivity contribution in [1.29, 1.82) is 0 Å². The van der Waals surface area contributed by atoms with Gasteiger partial charge in [-0.05, 0) is 18.2 Å². The van der Waals surface area contributed by atoms with Crippen LogP contribution in [-0.4, -0.2) is 22.0 Å². The van der Waals surface area contributed by atoms with Crippen LogP contribution in [0.3, 0.4) is 0 Å². The SMILES string of the molecule is Cn1cnc(C(=O)NCc2cc(C#CCN)ccc2F)c1. The zero-order valence-electron chi connectivity index (χ0n) is 11.6. The minimum Gasteiger partial charge on any atom is -0.346 e. The number of amides is 1. The first-order valence-electron chi connectivity index (χ1n) is 6.33. The van der Waals surface area contributed by atoms with Crippen molar-refractivity contribution in [2.45, 2.75) is 6.54 Å². The van der Waals surface area contributed by atoms with E-state index < -0.39 is 5.82 Å². The number of aryl methyl sites for hydroxylation is 1. The first-order valence-corrected chi connectivity index (χ1v) is 6.33. The van der Waals surface area contributed by atoms with Gasteiger partial charge in [-0.2, -0.15) is 0 Å². The van der Waals surface area contributed by atoms with Gasteiger partial charge in [0.25, 0.3) is 5.91 Å². The number of nitrogens with zero attached hydrogens (tertiary/aromatic N) is 2. The lowest BCUT2D eigenvalue weighted by Gasteiger charge is -2.05. The zero-order chi connectivity index (χ0) is 15.2. The third-order valence-electron chi connectivity index (χ3n) is 2.76. The Morgan fingerprint density at radius 3 is 3.00 bits per heavy atom. The van der Waals surface area contributed by atoms with Crippen molar-refractivity contribution in [3.8, 4) is 11.8 Å². The number of carbonyl (C=O) groups is 1. The summed E-state index contributed by atoms with van der Waals surface area (Å²) in [7, 11) is 1.77. The second kappa shape index (κ2) is 6.68. The van der Waals surface area contributed by atoms with Crippen molar-refractivity contribution in [2.24, 2.45) is 12.8 Å². The van der Waals surface area contributed by atoms with Gasteiger partial charge in [0.15, 0.2) is 0 Å². The first kappa shape index (κ1) is 14.8. The third kappa shape index (κ3) is 3.91. The van der Waals surface area contributed by atoms with E-state index in [2.05, 4.69) is 22.1 Å². The molecule has 0 fully saturated rings. The number of aromatic nitrogens is 2. The van der Waals surface area contributed by atoms with Crippen molar-refractivity contribution in [3.05, 3.63) is 53.4 Å². The zero-order valence-corrected chi connectivity index (χ0v) is 11.6. The van der Waals surface area contributed by atoms with Crippen LogP contribution in [0.1, 0.15) is 21.6 Å². The van der Waals surface area contributed by atoms with Crippen LogP contribution in [0.2, 0.25) is 0 Å². The quantitative estimate of drug-likeness (QED) is 0.820. The number of imidazole rings is 1. The van der Waals surface area contributed by atoms with Crippen LogP contribution in [0.25, 0.3) is 0 Å². The lowest BCUT2D eigenvalue weighted by atomic mass is 10.1. The summed E-state index contributed by atoms with van der Waals surface area (Å²) >= 11 is 0. The molecule has 3 N–H and O–H groups in total. The van der Waals surface area contributed by atoms with Crippen molar-refractivity contribution in [2.75, 3.05) is 6.54 Å². The molecule has 0 radical (unpaired) electrons. The summed E-state index contributed by atoms with van der Waals surface area (Å²) in [4.78, 5) is 15.8. The number of nitrogens with two attached hydrogens (primary N) is 1. The van der Waals surface area contributed by atoms with E-state index in [0.717, 1.165) is 0 Å². The van der Waals surface area contributed by atoms with Crippen LogP contribution in [0.15, 0.2) is 30.7 Å². The average molecular weight is 286 g/mol. The average Bonchev–Trinajstić information content (AvgIpc) is 2.91. The minimum atomic E-state index is -0.394. The van der Waals surface area contributed by atoms with Crippen LogP contribution in [0.5, 0.6) is 0 Å². The summed E-state index contributed by atoms with van der Waals surface area (Å²) in [6, 6.07) is 4.49. The fourth-order valence-electron chi connectivity index (χ4n) is 1.74. The first-order chi connectivity index (χ1) is 10.1. The highest BCUT2D eigenvalue weighted by Gasteiger charge is 2.10. The highest BCUT2D eigenvalue weighted by Crippen LogP contribution is 2.10. The monoisotopic (exact) mass is 286 g/mol. The highest BCUT2D eigenvalue weighted by molar-refractivity contribution is 5.91. The maximum atomic E-state index is 13.7. The normalized spacial score (nSPS) is 9.86. The standard InChI is InChI=1S/C15H15FN4O/c1-20-9-14(19-10-20)15(21)18-8-12-7-11(3-2-6-17)4-5-13(12)16/h4-5,7,9-10H,6,8,17H2,1H3,(H,18,21). The molecule has 1 aromatic heterocycles. The van der Waals surface area contributed by atoms with Crippen molar-refractivity contribution in [1.82, 2.24) is 14.9 Å². The largest absolute Gasteiger partial charge is 0.346 e. The Morgan fingerprint density at radius 2 is 2.33 bits per heavy atom. The molecule has 0 spiro atoms. The molecule has 21 heavy (non-hydrogen) atoms. The van der Waals surface area contributed by atoms with E-state index >= 15 is 0 Å². The van der Waals surface area contributed by atoms with E-state index in [1.165, 1.54) is 12.4 Å². The molecule has 2 rings (SSSR count).